The molecule has 0 atom stereocenters. The van der Waals surface area contributed by atoms with Crippen LogP contribution in [0.5, 0.6) is 0 Å². The molecule has 5 heteroatoms. The first-order valence-corrected chi connectivity index (χ1v) is 7.38. The maximum absolute atomic E-state index is 11.6. The largest absolute Gasteiger partial charge is 0.465 e. The lowest BCUT2D eigenvalue weighted by Crippen LogP contribution is -2.36. The van der Waals surface area contributed by atoms with Crippen molar-refractivity contribution in [1.29, 1.82) is 0 Å². The molecule has 0 saturated carbocycles. The van der Waals surface area contributed by atoms with Gasteiger partial charge in [0.25, 0.3) is 0 Å². The number of nitrogen functional groups attached to an aromatic ring is 1. The lowest BCUT2D eigenvalue weighted by atomic mass is 9.96. The minimum absolute atomic E-state index is 0.330. The number of nitrogens with two attached hydrogens (primary N) is 1. The molecule has 0 bridgehead atoms. The average Bonchev–Trinajstić information content (AvgIpc) is 2.49. The highest BCUT2D eigenvalue weighted by molar-refractivity contribution is 5.92. The second kappa shape index (κ2) is 6.80. The van der Waals surface area contributed by atoms with Crippen LogP contribution in [0.15, 0.2) is 18.2 Å². The lowest BCUT2D eigenvalue weighted by Gasteiger charge is -2.32. The summed E-state index contributed by atoms with van der Waals surface area (Å²) in [5.41, 5.74) is 8.19. The molecule has 21 heavy (non-hydrogen) atoms. The van der Waals surface area contributed by atoms with Gasteiger partial charge in [-0.05, 0) is 57.1 Å². The molecule has 116 valence electrons. The zero-order valence-corrected chi connectivity index (χ0v) is 13.1. The van der Waals surface area contributed by atoms with Gasteiger partial charge >= 0.3 is 5.97 Å². The van der Waals surface area contributed by atoms with Crippen molar-refractivity contribution in [3.05, 3.63) is 23.8 Å². The molecule has 0 amide bonds. The van der Waals surface area contributed by atoms with Gasteiger partial charge < -0.3 is 20.3 Å². The van der Waals surface area contributed by atoms with E-state index in [2.05, 4.69) is 16.8 Å². The Hall–Kier alpha value is -1.75. The minimum Gasteiger partial charge on any atom is -0.465 e. The van der Waals surface area contributed by atoms with E-state index in [9.17, 15) is 4.79 Å². The van der Waals surface area contributed by atoms with E-state index in [0.717, 1.165) is 25.3 Å². The fraction of sp³-hybridized carbons (Fsp3) is 0.562. The summed E-state index contributed by atoms with van der Waals surface area (Å²) in [6, 6.07) is 5.29. The highest BCUT2D eigenvalue weighted by Crippen LogP contribution is 2.26. The number of esters is 1. The van der Waals surface area contributed by atoms with Crippen molar-refractivity contribution in [2.75, 3.05) is 51.5 Å². The number of piperidine rings is 1. The Labute approximate surface area is 126 Å². The molecule has 1 aromatic carbocycles. The highest BCUT2D eigenvalue weighted by atomic mass is 16.5. The number of anilines is 2. The molecule has 1 heterocycles. The van der Waals surface area contributed by atoms with Gasteiger partial charge in [-0.3, -0.25) is 0 Å². The molecule has 0 unspecified atom stereocenters. The first kappa shape index (κ1) is 15.6. The van der Waals surface area contributed by atoms with Crippen LogP contribution in [0.2, 0.25) is 0 Å². The molecule has 1 aliphatic rings. The summed E-state index contributed by atoms with van der Waals surface area (Å²) in [5.74, 6) is 0.344. The van der Waals surface area contributed by atoms with E-state index in [1.165, 1.54) is 20.0 Å². The van der Waals surface area contributed by atoms with Crippen molar-refractivity contribution in [1.82, 2.24) is 4.90 Å². The number of rotatable bonds is 4. The summed E-state index contributed by atoms with van der Waals surface area (Å²) in [6.45, 7) is 3.26. The number of likely N-dealkylation sites (tertiary alicyclic amines) is 1. The van der Waals surface area contributed by atoms with E-state index < -0.39 is 0 Å². The number of methoxy groups -OCH3 is 1. The molecule has 1 aliphatic heterocycles. The summed E-state index contributed by atoms with van der Waals surface area (Å²) in [7, 11) is 5.59. The van der Waals surface area contributed by atoms with Crippen LogP contribution in [0.4, 0.5) is 11.4 Å². The van der Waals surface area contributed by atoms with Crippen LogP contribution in [0, 0.1) is 5.92 Å². The molecule has 0 radical (unpaired) electrons. The van der Waals surface area contributed by atoms with Crippen molar-refractivity contribution in [2.24, 2.45) is 5.92 Å². The van der Waals surface area contributed by atoms with E-state index in [-0.39, 0.29) is 5.97 Å². The summed E-state index contributed by atoms with van der Waals surface area (Å²) < 4.78 is 4.77. The van der Waals surface area contributed by atoms with E-state index in [4.69, 9.17) is 10.5 Å². The van der Waals surface area contributed by atoms with Crippen molar-refractivity contribution in [3.8, 4) is 0 Å². The normalized spacial score (nSPS) is 16.7. The zero-order valence-electron chi connectivity index (χ0n) is 13.1. The number of carbonyl (C=O) groups excluding carboxylic acids is 1. The van der Waals surface area contributed by atoms with E-state index >= 15 is 0 Å². The Balaban J connectivity index is 2.07. The number of hydrogen-bond donors (Lipinski definition) is 1. The third-order valence-electron chi connectivity index (χ3n) is 4.23. The second-order valence-electron chi connectivity index (χ2n) is 5.89. The van der Waals surface area contributed by atoms with Crippen molar-refractivity contribution in [3.63, 3.8) is 0 Å². The van der Waals surface area contributed by atoms with Gasteiger partial charge in [0.05, 0.1) is 24.0 Å². The molecule has 0 spiro atoms. The SMILES string of the molecule is COC(=O)c1ccc(N)c(N(C)CC2CCN(C)CC2)c1. The summed E-state index contributed by atoms with van der Waals surface area (Å²) in [5, 5.41) is 0. The zero-order chi connectivity index (χ0) is 15.4. The van der Waals surface area contributed by atoms with Crippen molar-refractivity contribution >= 4 is 17.3 Å². The number of hydrogen-bond acceptors (Lipinski definition) is 5. The number of benzene rings is 1. The highest BCUT2D eigenvalue weighted by Gasteiger charge is 2.19. The molecule has 0 aliphatic carbocycles. The molecule has 0 aromatic heterocycles. The van der Waals surface area contributed by atoms with Gasteiger partial charge in [0.2, 0.25) is 0 Å². The quantitative estimate of drug-likeness (QED) is 0.677. The number of nitrogens with zero attached hydrogens (tertiary/aromatic N) is 2. The van der Waals surface area contributed by atoms with Crippen LogP contribution in [0.3, 0.4) is 0 Å². The molecule has 2 rings (SSSR count). The lowest BCUT2D eigenvalue weighted by molar-refractivity contribution is 0.0601. The molecule has 1 aromatic rings. The van der Waals surface area contributed by atoms with E-state index in [0.29, 0.717) is 17.2 Å². The maximum atomic E-state index is 11.6. The Morgan fingerprint density at radius 3 is 2.71 bits per heavy atom. The van der Waals surface area contributed by atoms with Gasteiger partial charge in [-0.25, -0.2) is 4.79 Å². The molecule has 5 nitrogen and oxygen atoms in total. The van der Waals surface area contributed by atoms with Gasteiger partial charge in [0.1, 0.15) is 0 Å². The molecule has 1 fully saturated rings. The van der Waals surface area contributed by atoms with Crippen LogP contribution in [0.25, 0.3) is 0 Å². The van der Waals surface area contributed by atoms with Crippen molar-refractivity contribution in [2.45, 2.75) is 12.8 Å². The Morgan fingerprint density at radius 1 is 1.43 bits per heavy atom. The van der Waals surface area contributed by atoms with Gasteiger partial charge in [0, 0.05) is 13.6 Å². The van der Waals surface area contributed by atoms with Crippen LogP contribution in [-0.2, 0) is 4.74 Å². The Bertz CT molecular complexity index is 496. The van der Waals surface area contributed by atoms with E-state index in [1.807, 2.05) is 13.1 Å². The van der Waals surface area contributed by atoms with Gasteiger partial charge in [-0.2, -0.15) is 0 Å². The standard InChI is InChI=1S/C16H25N3O2/c1-18-8-6-12(7-9-18)11-19(2)15-10-13(16(20)21-3)4-5-14(15)17/h4-5,10,12H,6-9,11,17H2,1-3H3. The summed E-state index contributed by atoms with van der Waals surface area (Å²) in [6.07, 6.45) is 2.41. The van der Waals surface area contributed by atoms with Gasteiger partial charge in [-0.1, -0.05) is 0 Å². The van der Waals surface area contributed by atoms with Gasteiger partial charge in [0.15, 0.2) is 0 Å². The molecule has 2 N–H and O–H groups in total. The average molecular weight is 291 g/mol. The second-order valence-corrected chi connectivity index (χ2v) is 5.89. The summed E-state index contributed by atoms with van der Waals surface area (Å²) in [4.78, 5) is 16.2. The molecule has 1 saturated heterocycles. The topological polar surface area (TPSA) is 58.8 Å². The Kier molecular flexibility index (Phi) is 5.07. The van der Waals surface area contributed by atoms with Gasteiger partial charge in [-0.15, -0.1) is 0 Å². The first-order valence-electron chi connectivity index (χ1n) is 7.38. The first-order chi connectivity index (χ1) is 10.0. The van der Waals surface area contributed by atoms with Crippen molar-refractivity contribution < 1.29 is 9.53 Å². The third-order valence-corrected chi connectivity index (χ3v) is 4.23. The molecular formula is C16H25N3O2. The van der Waals surface area contributed by atoms with Crippen LogP contribution >= 0.6 is 0 Å². The third kappa shape index (κ3) is 3.88. The number of ether oxygens (including phenoxy) is 1. The van der Waals surface area contributed by atoms with Crippen LogP contribution in [-0.4, -0.2) is 51.7 Å². The minimum atomic E-state index is -0.330. The van der Waals surface area contributed by atoms with Crippen LogP contribution < -0.4 is 10.6 Å². The monoisotopic (exact) mass is 291 g/mol. The summed E-state index contributed by atoms with van der Waals surface area (Å²) >= 11 is 0. The van der Waals surface area contributed by atoms with Crippen LogP contribution in [0.1, 0.15) is 23.2 Å². The predicted molar refractivity (Wildman–Crippen MR) is 85.7 cm³/mol. The predicted octanol–water partition coefficient (Wildman–Crippen LogP) is 1.83. The fourth-order valence-corrected chi connectivity index (χ4v) is 2.85. The maximum Gasteiger partial charge on any atom is 0.337 e. The number of carbonyl (C=O) groups is 1. The Morgan fingerprint density at radius 2 is 2.10 bits per heavy atom. The molecular weight excluding hydrogens is 266 g/mol. The smallest absolute Gasteiger partial charge is 0.337 e. The van der Waals surface area contributed by atoms with E-state index in [1.54, 1.807) is 12.1 Å². The fourth-order valence-electron chi connectivity index (χ4n) is 2.85.